The third kappa shape index (κ3) is 4.26. The second-order valence-corrected chi connectivity index (χ2v) is 6.70. The van der Waals surface area contributed by atoms with Gasteiger partial charge in [0.05, 0.1) is 5.70 Å². The van der Waals surface area contributed by atoms with Crippen LogP contribution in [0.15, 0.2) is 23.6 Å². The van der Waals surface area contributed by atoms with Crippen LogP contribution in [-0.4, -0.2) is 17.3 Å². The Hall–Kier alpha value is -1.45. The molecular weight excluding hydrogens is 266 g/mol. The van der Waals surface area contributed by atoms with Gasteiger partial charge >= 0.3 is 6.09 Å². The summed E-state index contributed by atoms with van der Waals surface area (Å²) in [6, 6.07) is 0. The van der Waals surface area contributed by atoms with Gasteiger partial charge in [0.15, 0.2) is 0 Å². The van der Waals surface area contributed by atoms with Crippen molar-refractivity contribution in [3.63, 3.8) is 0 Å². The third-order valence-electron chi connectivity index (χ3n) is 4.60. The minimum atomic E-state index is -0.451. The third-order valence-corrected chi connectivity index (χ3v) is 4.60. The van der Waals surface area contributed by atoms with Gasteiger partial charge in [0.1, 0.15) is 11.9 Å². The smallest absolute Gasteiger partial charge is 0.412 e. The second kappa shape index (κ2) is 7.01. The summed E-state index contributed by atoms with van der Waals surface area (Å²) in [5.74, 6) is 1.76. The van der Waals surface area contributed by atoms with Crippen molar-refractivity contribution in [1.82, 2.24) is 5.32 Å². The van der Waals surface area contributed by atoms with Crippen LogP contribution in [0.5, 0.6) is 0 Å². The summed E-state index contributed by atoms with van der Waals surface area (Å²) in [6.07, 6.45) is 7.83. The Morgan fingerprint density at radius 2 is 2.19 bits per heavy atom. The van der Waals surface area contributed by atoms with Crippen LogP contribution in [0.1, 0.15) is 52.9 Å². The van der Waals surface area contributed by atoms with E-state index in [1.807, 2.05) is 6.08 Å². The molecule has 3 atom stereocenters. The Bertz CT molecular complexity index is 439. The molecule has 0 saturated heterocycles. The molecule has 2 aliphatic rings. The molecule has 0 heterocycles. The first-order valence-electron chi connectivity index (χ1n) is 8.03. The van der Waals surface area contributed by atoms with Gasteiger partial charge in [-0.15, -0.1) is 0 Å². The summed E-state index contributed by atoms with van der Waals surface area (Å²) in [4.78, 5) is 12.1. The summed E-state index contributed by atoms with van der Waals surface area (Å²) in [7, 11) is 0. The number of aliphatic hydroxyl groups is 1. The molecule has 0 aromatic rings. The van der Waals surface area contributed by atoms with Crippen LogP contribution in [0.4, 0.5) is 4.79 Å². The average Bonchev–Trinajstić information content (AvgIpc) is 2.41. The standard InChI is InChI=1S/C17H27NO3/c1-11(2)13-9-8-12(3)10-16(13)21-17(20)18-14-6-4-5-7-15(14)19/h4,6,11-13,16,19H,5,7-10H2,1-3H3,(H,18,20). The average molecular weight is 293 g/mol. The van der Waals surface area contributed by atoms with E-state index in [0.717, 1.165) is 19.3 Å². The second-order valence-electron chi connectivity index (χ2n) is 6.70. The Balaban J connectivity index is 1.95. The van der Waals surface area contributed by atoms with Gasteiger partial charge in [-0.3, -0.25) is 5.32 Å². The topological polar surface area (TPSA) is 58.6 Å². The fraction of sp³-hybridized carbons (Fsp3) is 0.706. The molecular formula is C17H27NO3. The van der Waals surface area contributed by atoms with E-state index >= 15 is 0 Å². The van der Waals surface area contributed by atoms with E-state index in [0.29, 0.717) is 29.9 Å². The van der Waals surface area contributed by atoms with E-state index in [1.54, 1.807) is 6.08 Å². The number of aliphatic hydroxyl groups excluding tert-OH is 1. The first-order chi connectivity index (χ1) is 9.97. The highest BCUT2D eigenvalue weighted by molar-refractivity contribution is 5.70. The number of alkyl carbamates (subject to hydrolysis) is 1. The molecule has 0 aliphatic heterocycles. The molecule has 2 aliphatic carbocycles. The summed E-state index contributed by atoms with van der Waals surface area (Å²) in [6.45, 7) is 6.59. The van der Waals surface area contributed by atoms with E-state index in [9.17, 15) is 9.90 Å². The van der Waals surface area contributed by atoms with Crippen LogP contribution in [0.25, 0.3) is 0 Å². The Kier molecular flexibility index (Phi) is 5.32. The number of rotatable bonds is 3. The lowest BCUT2D eigenvalue weighted by atomic mass is 9.75. The largest absolute Gasteiger partial charge is 0.510 e. The highest BCUT2D eigenvalue weighted by atomic mass is 16.6. The molecule has 4 nitrogen and oxygen atoms in total. The molecule has 3 unspecified atom stereocenters. The maximum absolute atomic E-state index is 12.1. The quantitative estimate of drug-likeness (QED) is 0.816. The Labute approximate surface area is 127 Å². The van der Waals surface area contributed by atoms with E-state index in [4.69, 9.17) is 4.74 Å². The fourth-order valence-electron chi connectivity index (χ4n) is 3.29. The molecule has 0 aromatic carbocycles. The van der Waals surface area contributed by atoms with Gasteiger partial charge < -0.3 is 9.84 Å². The van der Waals surface area contributed by atoms with E-state index in [-0.39, 0.29) is 11.9 Å². The van der Waals surface area contributed by atoms with Crippen molar-refractivity contribution in [2.24, 2.45) is 17.8 Å². The zero-order valence-electron chi connectivity index (χ0n) is 13.3. The predicted octanol–water partition coefficient (Wildman–Crippen LogP) is 4.29. The van der Waals surface area contributed by atoms with Gasteiger partial charge in [0.25, 0.3) is 0 Å². The first kappa shape index (κ1) is 15.9. The van der Waals surface area contributed by atoms with Gasteiger partial charge in [-0.2, -0.15) is 0 Å². The summed E-state index contributed by atoms with van der Waals surface area (Å²) in [5, 5.41) is 12.4. The van der Waals surface area contributed by atoms with E-state index in [2.05, 4.69) is 26.1 Å². The van der Waals surface area contributed by atoms with Crippen LogP contribution in [0.2, 0.25) is 0 Å². The van der Waals surface area contributed by atoms with Crippen LogP contribution in [0.3, 0.4) is 0 Å². The summed E-state index contributed by atoms with van der Waals surface area (Å²) < 4.78 is 5.66. The molecule has 4 heteroatoms. The number of hydrogen-bond donors (Lipinski definition) is 2. The van der Waals surface area contributed by atoms with Gasteiger partial charge in [-0.05, 0) is 43.1 Å². The van der Waals surface area contributed by atoms with Crippen LogP contribution in [0, 0.1) is 17.8 Å². The summed E-state index contributed by atoms with van der Waals surface area (Å²) in [5.41, 5.74) is 0.469. The highest BCUT2D eigenvalue weighted by Crippen LogP contribution is 2.35. The molecule has 1 saturated carbocycles. The van der Waals surface area contributed by atoms with Crippen molar-refractivity contribution in [1.29, 1.82) is 0 Å². The lowest BCUT2D eigenvalue weighted by Crippen LogP contribution is -2.38. The van der Waals surface area contributed by atoms with Gasteiger partial charge in [-0.1, -0.05) is 33.3 Å². The van der Waals surface area contributed by atoms with Crippen LogP contribution < -0.4 is 5.32 Å². The van der Waals surface area contributed by atoms with Gasteiger partial charge in [0.2, 0.25) is 0 Å². The minimum absolute atomic E-state index is 0.0240. The molecule has 1 fully saturated rings. The molecule has 118 valence electrons. The molecule has 2 rings (SSSR count). The normalized spacial score (nSPS) is 29.6. The Morgan fingerprint density at radius 3 is 2.86 bits per heavy atom. The zero-order chi connectivity index (χ0) is 15.4. The first-order valence-corrected chi connectivity index (χ1v) is 8.03. The molecule has 0 spiro atoms. The predicted molar refractivity (Wildman–Crippen MR) is 82.8 cm³/mol. The summed E-state index contributed by atoms with van der Waals surface area (Å²) >= 11 is 0. The van der Waals surface area contributed by atoms with E-state index in [1.165, 1.54) is 6.42 Å². The molecule has 0 radical (unpaired) electrons. The zero-order valence-corrected chi connectivity index (χ0v) is 13.3. The monoisotopic (exact) mass is 293 g/mol. The number of carbonyl (C=O) groups is 1. The SMILES string of the molecule is CC1CCC(C(C)C)C(OC(=O)NC2=C(O)CCC=C2)C1. The van der Waals surface area contributed by atoms with Crippen molar-refractivity contribution in [3.05, 3.63) is 23.6 Å². The van der Waals surface area contributed by atoms with Crippen molar-refractivity contribution in [2.75, 3.05) is 0 Å². The van der Waals surface area contributed by atoms with Gasteiger partial charge in [0, 0.05) is 6.42 Å². The lowest BCUT2D eigenvalue weighted by molar-refractivity contribution is 0.00724. The van der Waals surface area contributed by atoms with Crippen molar-refractivity contribution < 1.29 is 14.6 Å². The highest BCUT2D eigenvalue weighted by Gasteiger charge is 2.33. The van der Waals surface area contributed by atoms with Crippen molar-refractivity contribution >= 4 is 6.09 Å². The maximum atomic E-state index is 12.1. The molecule has 2 N–H and O–H groups in total. The molecule has 1 amide bonds. The number of hydrogen-bond acceptors (Lipinski definition) is 3. The van der Waals surface area contributed by atoms with Gasteiger partial charge in [-0.25, -0.2) is 4.79 Å². The number of carbonyl (C=O) groups excluding carboxylic acids is 1. The maximum Gasteiger partial charge on any atom is 0.412 e. The van der Waals surface area contributed by atoms with Crippen LogP contribution in [-0.2, 0) is 4.74 Å². The Morgan fingerprint density at radius 1 is 1.43 bits per heavy atom. The molecule has 0 bridgehead atoms. The number of ether oxygens (including phenoxy) is 1. The fourth-order valence-corrected chi connectivity index (χ4v) is 3.29. The molecule has 0 aromatic heterocycles. The van der Waals surface area contributed by atoms with Crippen LogP contribution >= 0.6 is 0 Å². The van der Waals surface area contributed by atoms with E-state index < -0.39 is 6.09 Å². The van der Waals surface area contributed by atoms with Crippen molar-refractivity contribution in [3.8, 4) is 0 Å². The molecule has 21 heavy (non-hydrogen) atoms. The minimum Gasteiger partial charge on any atom is -0.510 e. The lowest BCUT2D eigenvalue weighted by Gasteiger charge is -2.36. The van der Waals surface area contributed by atoms with Crippen molar-refractivity contribution in [2.45, 2.75) is 59.0 Å². The number of nitrogens with one attached hydrogen (secondary N) is 1. The number of amides is 1. The number of allylic oxidation sites excluding steroid dienone is 3.